The molecule has 0 aliphatic heterocycles. The van der Waals surface area contributed by atoms with Gasteiger partial charge in [-0.15, -0.1) is 0 Å². The number of para-hydroxylation sites is 5. The highest BCUT2D eigenvalue weighted by Gasteiger charge is 2.25. The lowest BCUT2D eigenvalue weighted by Gasteiger charge is -2.29. The second-order valence-corrected chi connectivity index (χ2v) is 14.5. The van der Waals surface area contributed by atoms with Gasteiger partial charge in [0.2, 0.25) is 0 Å². The van der Waals surface area contributed by atoms with Crippen LogP contribution in [0.1, 0.15) is 0 Å². The summed E-state index contributed by atoms with van der Waals surface area (Å²) in [5.74, 6) is 0. The summed E-state index contributed by atoms with van der Waals surface area (Å²) in [4.78, 5) is 2.42. The minimum absolute atomic E-state index is 0.850. The first-order valence-corrected chi connectivity index (χ1v) is 19.4. The van der Waals surface area contributed by atoms with E-state index >= 15 is 0 Å². The first-order valence-electron chi connectivity index (χ1n) is 19.4. The molecule has 268 valence electrons. The Morgan fingerprint density at radius 3 is 1.70 bits per heavy atom. The van der Waals surface area contributed by atoms with Crippen LogP contribution in [-0.2, 0) is 0 Å². The van der Waals surface area contributed by atoms with E-state index in [0.29, 0.717) is 0 Å². The average Bonchev–Trinajstić information content (AvgIpc) is 3.84. The van der Waals surface area contributed by atoms with Gasteiger partial charge >= 0.3 is 0 Å². The number of benzene rings is 9. The maximum Gasteiger partial charge on any atom is 0.145 e. The first-order chi connectivity index (χ1) is 28.3. The van der Waals surface area contributed by atoms with Gasteiger partial charge < -0.3 is 13.9 Å². The Hall–Kier alpha value is -7.62. The number of hydrogen-bond donors (Lipinski definition) is 0. The molecule has 11 aromatic rings. The lowest BCUT2D eigenvalue weighted by atomic mass is 9.97. The summed E-state index contributed by atoms with van der Waals surface area (Å²) in [7, 11) is 0. The molecule has 0 atom stereocenters. The quantitative estimate of drug-likeness (QED) is 0.163. The summed E-state index contributed by atoms with van der Waals surface area (Å²) in [5, 5.41) is 4.60. The van der Waals surface area contributed by atoms with Gasteiger partial charge in [-0.3, -0.25) is 0 Å². The molecule has 0 fully saturated rings. The molecule has 0 radical (unpaired) electrons. The topological polar surface area (TPSA) is 21.3 Å². The number of nitrogens with zero attached hydrogens (tertiary/aromatic N) is 2. The van der Waals surface area contributed by atoms with E-state index in [2.05, 4.69) is 228 Å². The van der Waals surface area contributed by atoms with Crippen LogP contribution in [0.2, 0.25) is 0 Å². The third kappa shape index (κ3) is 5.43. The molecule has 0 aliphatic rings. The highest BCUT2D eigenvalue weighted by Crippen LogP contribution is 2.49. The summed E-state index contributed by atoms with van der Waals surface area (Å²) >= 11 is 0. The third-order valence-electron chi connectivity index (χ3n) is 11.2. The molecular weight excluding hydrogens is 693 g/mol. The summed E-state index contributed by atoms with van der Waals surface area (Å²) in [6.07, 6.45) is 0. The second-order valence-electron chi connectivity index (χ2n) is 14.5. The summed E-state index contributed by atoms with van der Waals surface area (Å²) in [6, 6.07) is 78.0. The maximum absolute atomic E-state index is 7.02. The molecule has 0 unspecified atom stereocenters. The van der Waals surface area contributed by atoms with Crippen molar-refractivity contribution in [3.05, 3.63) is 218 Å². The van der Waals surface area contributed by atoms with Crippen LogP contribution in [0, 0.1) is 0 Å². The van der Waals surface area contributed by atoms with Gasteiger partial charge in [-0.2, -0.15) is 0 Å². The van der Waals surface area contributed by atoms with Crippen molar-refractivity contribution >= 4 is 60.8 Å². The molecular formula is C54H36N2O. The van der Waals surface area contributed by atoms with E-state index in [1.807, 2.05) is 0 Å². The predicted molar refractivity (Wildman–Crippen MR) is 239 cm³/mol. The number of fused-ring (bicyclic) bond motifs is 6. The molecule has 0 amide bonds. The fourth-order valence-electron chi connectivity index (χ4n) is 8.68. The van der Waals surface area contributed by atoms with E-state index in [0.717, 1.165) is 72.5 Å². The van der Waals surface area contributed by atoms with Crippen molar-refractivity contribution in [1.29, 1.82) is 0 Å². The lowest BCUT2D eigenvalue weighted by molar-refractivity contribution is 0.670. The summed E-state index contributed by atoms with van der Waals surface area (Å²) < 4.78 is 9.42. The molecule has 0 bridgehead atoms. The number of rotatable bonds is 7. The van der Waals surface area contributed by atoms with Gasteiger partial charge in [-0.05, 0) is 71.3 Å². The summed E-state index contributed by atoms with van der Waals surface area (Å²) in [5.41, 5.74) is 15.1. The SMILES string of the molecule is c1ccc(-c2cccc(N(c3ccccc3-c3ccccc3)c3ccc(-c4ccccc4-n4c5ccccc5c5ccccc54)c4oc5ccccc5c34)c2)cc1. The largest absolute Gasteiger partial charge is 0.455 e. The van der Waals surface area contributed by atoms with Gasteiger partial charge in [0.05, 0.1) is 33.5 Å². The molecule has 0 saturated carbocycles. The van der Waals surface area contributed by atoms with Crippen LogP contribution in [0.25, 0.3) is 82.8 Å². The monoisotopic (exact) mass is 728 g/mol. The maximum atomic E-state index is 7.02. The molecule has 0 saturated heterocycles. The number of aromatic nitrogens is 1. The first kappa shape index (κ1) is 32.8. The third-order valence-corrected chi connectivity index (χ3v) is 11.2. The number of furan rings is 1. The van der Waals surface area contributed by atoms with Crippen molar-refractivity contribution in [2.24, 2.45) is 0 Å². The fourth-order valence-corrected chi connectivity index (χ4v) is 8.68. The predicted octanol–water partition coefficient (Wildman–Crippen LogP) is 15.2. The zero-order chi connectivity index (χ0) is 37.7. The molecule has 2 aromatic heterocycles. The van der Waals surface area contributed by atoms with Gasteiger partial charge in [-0.1, -0.05) is 164 Å². The lowest BCUT2D eigenvalue weighted by Crippen LogP contribution is -2.12. The highest BCUT2D eigenvalue weighted by atomic mass is 16.3. The van der Waals surface area contributed by atoms with E-state index in [1.54, 1.807) is 0 Å². The van der Waals surface area contributed by atoms with Crippen LogP contribution < -0.4 is 4.90 Å². The van der Waals surface area contributed by atoms with Crippen LogP contribution in [-0.4, -0.2) is 4.57 Å². The molecule has 9 aromatic carbocycles. The Kier molecular flexibility index (Phi) is 7.82. The van der Waals surface area contributed by atoms with Gasteiger partial charge in [0.25, 0.3) is 0 Å². The van der Waals surface area contributed by atoms with E-state index in [-0.39, 0.29) is 0 Å². The van der Waals surface area contributed by atoms with E-state index in [9.17, 15) is 0 Å². The number of hydrogen-bond acceptors (Lipinski definition) is 2. The van der Waals surface area contributed by atoms with Crippen LogP contribution in [0.15, 0.2) is 223 Å². The van der Waals surface area contributed by atoms with Crippen LogP contribution >= 0.6 is 0 Å². The van der Waals surface area contributed by atoms with Gasteiger partial charge in [-0.25, -0.2) is 0 Å². The van der Waals surface area contributed by atoms with E-state index in [1.165, 1.54) is 27.4 Å². The average molecular weight is 729 g/mol. The van der Waals surface area contributed by atoms with Crippen LogP contribution in [0.4, 0.5) is 17.1 Å². The molecule has 0 spiro atoms. The molecule has 3 nitrogen and oxygen atoms in total. The van der Waals surface area contributed by atoms with Crippen molar-refractivity contribution in [3.8, 4) is 39.1 Å². The zero-order valence-corrected chi connectivity index (χ0v) is 31.1. The number of anilines is 3. The Morgan fingerprint density at radius 2 is 0.947 bits per heavy atom. The second kappa shape index (κ2) is 13.6. The highest BCUT2D eigenvalue weighted by molar-refractivity contribution is 6.18. The Morgan fingerprint density at radius 1 is 0.368 bits per heavy atom. The normalized spacial score (nSPS) is 11.5. The van der Waals surface area contributed by atoms with Crippen molar-refractivity contribution in [2.75, 3.05) is 4.90 Å². The zero-order valence-electron chi connectivity index (χ0n) is 31.1. The van der Waals surface area contributed by atoms with Crippen molar-refractivity contribution in [3.63, 3.8) is 0 Å². The molecule has 11 rings (SSSR count). The van der Waals surface area contributed by atoms with Crippen molar-refractivity contribution < 1.29 is 4.42 Å². The summed E-state index contributed by atoms with van der Waals surface area (Å²) in [6.45, 7) is 0. The molecule has 2 heterocycles. The van der Waals surface area contributed by atoms with Crippen molar-refractivity contribution in [1.82, 2.24) is 4.57 Å². The Labute approximate surface area is 330 Å². The minimum Gasteiger partial charge on any atom is -0.455 e. The smallest absolute Gasteiger partial charge is 0.145 e. The van der Waals surface area contributed by atoms with Crippen molar-refractivity contribution in [2.45, 2.75) is 0 Å². The van der Waals surface area contributed by atoms with Crippen LogP contribution in [0.5, 0.6) is 0 Å². The molecule has 0 aliphatic carbocycles. The van der Waals surface area contributed by atoms with E-state index < -0.39 is 0 Å². The minimum atomic E-state index is 0.850. The van der Waals surface area contributed by atoms with Gasteiger partial charge in [0.15, 0.2) is 0 Å². The standard InChI is InChI=1S/C54H36N2O/c1-3-18-37(19-4-1)39-22-17-23-40(36-39)55(47-29-12-7-24-41(47)38-20-5-2-6-21-38)51-35-34-45(54-53(51)46-28-11-16-33-52(46)57-54)44-27-10-15-32-50(44)56-48-30-13-8-25-42(48)43-26-9-14-31-49(43)56/h1-36H. The molecule has 3 heteroatoms. The van der Waals surface area contributed by atoms with Gasteiger partial charge in [0, 0.05) is 38.5 Å². The Bertz CT molecular complexity index is 3190. The Balaban J connectivity index is 1.20. The fraction of sp³-hybridized carbons (Fsp3) is 0. The molecule has 57 heavy (non-hydrogen) atoms. The van der Waals surface area contributed by atoms with Crippen LogP contribution in [0.3, 0.4) is 0 Å². The molecule has 0 N–H and O–H groups in total. The van der Waals surface area contributed by atoms with Gasteiger partial charge in [0.1, 0.15) is 11.2 Å². The van der Waals surface area contributed by atoms with E-state index in [4.69, 9.17) is 4.42 Å².